The number of rotatable bonds is 4. The summed E-state index contributed by atoms with van der Waals surface area (Å²) >= 11 is 7.60. The lowest BCUT2D eigenvalue weighted by molar-refractivity contribution is -0.733. The molecule has 1 unspecified atom stereocenters. The van der Waals surface area contributed by atoms with E-state index in [-0.39, 0.29) is 11.8 Å². The van der Waals surface area contributed by atoms with Gasteiger partial charge in [-0.1, -0.05) is 17.7 Å². The molecule has 116 valence electrons. The van der Waals surface area contributed by atoms with Crippen molar-refractivity contribution in [2.45, 2.75) is 31.6 Å². The molecule has 2 aromatic rings. The van der Waals surface area contributed by atoms with Gasteiger partial charge in [0.15, 0.2) is 0 Å². The fourth-order valence-electron chi connectivity index (χ4n) is 2.84. The topological polar surface area (TPSA) is 48.0 Å². The number of thioether (sulfide) groups is 1. The summed E-state index contributed by atoms with van der Waals surface area (Å²) in [5.74, 6) is 1.49. The van der Waals surface area contributed by atoms with Gasteiger partial charge in [-0.25, -0.2) is 9.55 Å². The summed E-state index contributed by atoms with van der Waals surface area (Å²) in [7, 11) is 1.60. The maximum atomic E-state index is 12.2. The Labute approximate surface area is 138 Å². The molecule has 7 heteroatoms. The molecule has 0 spiro atoms. The van der Waals surface area contributed by atoms with Crippen molar-refractivity contribution in [3.05, 3.63) is 34.7 Å². The van der Waals surface area contributed by atoms with Gasteiger partial charge >= 0.3 is 11.0 Å². The van der Waals surface area contributed by atoms with Crippen molar-refractivity contribution < 1.29 is 14.1 Å². The molecular formula is C15H17ClN3O2S+. The monoisotopic (exact) mass is 338 g/mol. The zero-order chi connectivity index (χ0) is 15.9. The van der Waals surface area contributed by atoms with E-state index >= 15 is 0 Å². The standard InChI is InChI=1S/C15H17ClN3O2S/c1-4-18-14(21-3)13(9(2)20)19-11(8-22-15(18)19)10-5-6-12(16)17-7-10/h5-7,11H,4,8H2,1-3H3/q+1. The van der Waals surface area contributed by atoms with Crippen LogP contribution in [0.25, 0.3) is 0 Å². The third-order valence-electron chi connectivity index (χ3n) is 3.79. The first-order valence-corrected chi connectivity index (χ1v) is 8.42. The number of ketones is 1. The molecule has 22 heavy (non-hydrogen) atoms. The summed E-state index contributed by atoms with van der Waals surface area (Å²) in [5.41, 5.74) is 1.66. The molecule has 3 rings (SSSR count). The number of Topliss-reactive ketones (excluding diaryl/α,β-unsaturated/α-hetero) is 1. The zero-order valence-electron chi connectivity index (χ0n) is 12.7. The van der Waals surface area contributed by atoms with Crippen LogP contribution in [0, 0.1) is 0 Å². The summed E-state index contributed by atoms with van der Waals surface area (Å²) in [6, 6.07) is 3.80. The average molecular weight is 339 g/mol. The van der Waals surface area contributed by atoms with Gasteiger partial charge in [-0.05, 0) is 24.8 Å². The van der Waals surface area contributed by atoms with Crippen molar-refractivity contribution in [1.82, 2.24) is 9.55 Å². The first-order chi connectivity index (χ1) is 10.6. The quantitative estimate of drug-likeness (QED) is 0.488. The highest BCUT2D eigenvalue weighted by atomic mass is 35.5. The molecule has 0 aliphatic carbocycles. The minimum atomic E-state index is -0.000257. The van der Waals surface area contributed by atoms with Crippen LogP contribution in [-0.4, -0.2) is 28.2 Å². The van der Waals surface area contributed by atoms with Gasteiger partial charge in [0.05, 0.1) is 19.4 Å². The van der Waals surface area contributed by atoms with Crippen LogP contribution in [0.1, 0.15) is 35.9 Å². The third-order valence-corrected chi connectivity index (χ3v) is 5.17. The second-order valence-corrected chi connectivity index (χ2v) is 6.43. The fourth-order valence-corrected chi connectivity index (χ4v) is 4.33. The average Bonchev–Trinajstić information content (AvgIpc) is 3.04. The van der Waals surface area contributed by atoms with E-state index in [9.17, 15) is 4.79 Å². The van der Waals surface area contributed by atoms with Crippen LogP contribution in [0.4, 0.5) is 0 Å². The number of pyridine rings is 1. The first kappa shape index (κ1) is 15.4. The first-order valence-electron chi connectivity index (χ1n) is 7.05. The highest BCUT2D eigenvalue weighted by Gasteiger charge is 2.43. The number of hydrogen-bond donors (Lipinski definition) is 0. The van der Waals surface area contributed by atoms with Gasteiger partial charge in [-0.3, -0.25) is 4.79 Å². The molecular weight excluding hydrogens is 322 g/mol. The number of fused-ring (bicyclic) bond motifs is 1. The van der Waals surface area contributed by atoms with Crippen LogP contribution in [-0.2, 0) is 6.54 Å². The lowest BCUT2D eigenvalue weighted by Gasteiger charge is -2.09. The number of nitrogens with zero attached hydrogens (tertiary/aromatic N) is 3. The third kappa shape index (κ3) is 2.30. The highest BCUT2D eigenvalue weighted by Crippen LogP contribution is 2.40. The van der Waals surface area contributed by atoms with Gasteiger partial charge in [0.2, 0.25) is 5.78 Å². The van der Waals surface area contributed by atoms with Gasteiger partial charge in [0, 0.05) is 18.7 Å². The number of carbonyl (C=O) groups excluding carboxylic acids is 1. The van der Waals surface area contributed by atoms with Crippen LogP contribution < -0.4 is 9.30 Å². The molecule has 0 radical (unpaired) electrons. The molecule has 1 aliphatic rings. The van der Waals surface area contributed by atoms with E-state index in [0.29, 0.717) is 16.7 Å². The van der Waals surface area contributed by atoms with Crippen LogP contribution in [0.3, 0.4) is 0 Å². The Morgan fingerprint density at radius 2 is 2.36 bits per heavy atom. The molecule has 0 amide bonds. The smallest absolute Gasteiger partial charge is 0.337 e. The van der Waals surface area contributed by atoms with Crippen molar-refractivity contribution >= 4 is 29.1 Å². The Morgan fingerprint density at radius 3 is 2.91 bits per heavy atom. The Kier molecular flexibility index (Phi) is 4.14. The van der Waals surface area contributed by atoms with Gasteiger partial charge in [0.1, 0.15) is 11.2 Å². The molecule has 3 heterocycles. The van der Waals surface area contributed by atoms with Crippen molar-refractivity contribution in [1.29, 1.82) is 0 Å². The van der Waals surface area contributed by atoms with Gasteiger partial charge < -0.3 is 4.74 Å². The van der Waals surface area contributed by atoms with Crippen molar-refractivity contribution in [3.63, 3.8) is 0 Å². The predicted molar refractivity (Wildman–Crippen MR) is 85.0 cm³/mol. The van der Waals surface area contributed by atoms with E-state index in [1.54, 1.807) is 38.1 Å². The number of ether oxygens (including phenoxy) is 1. The van der Waals surface area contributed by atoms with E-state index in [1.807, 2.05) is 17.6 Å². The minimum absolute atomic E-state index is 0.000257. The van der Waals surface area contributed by atoms with Crippen molar-refractivity contribution in [2.75, 3.05) is 12.9 Å². The van der Waals surface area contributed by atoms with Gasteiger partial charge in [-0.2, -0.15) is 4.57 Å². The molecule has 0 saturated heterocycles. The number of carbonyl (C=O) groups is 1. The highest BCUT2D eigenvalue weighted by molar-refractivity contribution is 7.99. The molecule has 1 atom stereocenters. The van der Waals surface area contributed by atoms with E-state index in [1.165, 1.54) is 0 Å². The van der Waals surface area contributed by atoms with E-state index in [0.717, 1.165) is 23.0 Å². The van der Waals surface area contributed by atoms with E-state index in [4.69, 9.17) is 16.3 Å². The number of aromatic nitrogens is 3. The van der Waals surface area contributed by atoms with Crippen LogP contribution in [0.2, 0.25) is 5.15 Å². The van der Waals surface area contributed by atoms with Crippen molar-refractivity contribution in [3.8, 4) is 5.88 Å². The van der Waals surface area contributed by atoms with Crippen LogP contribution in [0.5, 0.6) is 5.88 Å². The maximum Gasteiger partial charge on any atom is 0.337 e. The van der Waals surface area contributed by atoms with E-state index < -0.39 is 0 Å². The number of imidazole rings is 1. The largest absolute Gasteiger partial charge is 0.462 e. The molecule has 0 fully saturated rings. The number of methoxy groups -OCH3 is 1. The van der Waals surface area contributed by atoms with Crippen LogP contribution >= 0.6 is 23.4 Å². The Bertz CT molecular complexity index is 727. The Morgan fingerprint density at radius 1 is 1.59 bits per heavy atom. The summed E-state index contributed by atoms with van der Waals surface area (Å²) in [6.07, 6.45) is 1.77. The lowest BCUT2D eigenvalue weighted by atomic mass is 10.1. The fraction of sp³-hybridized carbons (Fsp3) is 0.400. The molecule has 0 aromatic carbocycles. The number of halogens is 1. The van der Waals surface area contributed by atoms with Gasteiger partial charge in [-0.15, -0.1) is 0 Å². The summed E-state index contributed by atoms with van der Waals surface area (Å²) in [6.45, 7) is 4.38. The van der Waals surface area contributed by atoms with Crippen molar-refractivity contribution in [2.24, 2.45) is 0 Å². The van der Waals surface area contributed by atoms with E-state index in [2.05, 4.69) is 9.55 Å². The molecule has 2 aromatic heterocycles. The lowest BCUT2D eigenvalue weighted by Crippen LogP contribution is -2.34. The van der Waals surface area contributed by atoms with Gasteiger partial charge in [0.25, 0.3) is 5.69 Å². The van der Waals surface area contributed by atoms with Crippen LogP contribution in [0.15, 0.2) is 23.5 Å². The zero-order valence-corrected chi connectivity index (χ0v) is 14.2. The molecule has 0 bridgehead atoms. The predicted octanol–water partition coefficient (Wildman–Crippen LogP) is 2.75. The molecule has 0 N–H and O–H groups in total. The Balaban J connectivity index is 2.18. The molecule has 5 nitrogen and oxygen atoms in total. The number of hydrogen-bond acceptors (Lipinski definition) is 4. The summed E-state index contributed by atoms with van der Waals surface area (Å²) in [4.78, 5) is 16.3. The molecule has 1 aliphatic heterocycles. The summed E-state index contributed by atoms with van der Waals surface area (Å²) in [5, 5.41) is 1.51. The second kappa shape index (κ2) is 5.93. The SMILES string of the molecule is CC[n+]1c(OC)c(C(C)=O)n2c1SCC2c1ccc(Cl)nc1. The summed E-state index contributed by atoms with van der Waals surface area (Å²) < 4.78 is 9.62. The minimum Gasteiger partial charge on any atom is -0.462 e. The second-order valence-electron chi connectivity index (χ2n) is 5.05. The molecule has 0 saturated carbocycles. The maximum absolute atomic E-state index is 12.2. The Hall–Kier alpha value is -1.53. The normalized spacial score (nSPS) is 16.6.